The Morgan fingerprint density at radius 1 is 1.43 bits per heavy atom. The van der Waals surface area contributed by atoms with Crippen molar-refractivity contribution in [3.63, 3.8) is 0 Å². The Hall–Kier alpha value is 0.0700. The summed E-state index contributed by atoms with van der Waals surface area (Å²) in [5.74, 6) is -2.30. The van der Waals surface area contributed by atoms with Gasteiger partial charge in [0, 0.05) is 0 Å². The molecule has 0 aromatic rings. The van der Waals surface area contributed by atoms with Gasteiger partial charge < -0.3 is 9.90 Å². The van der Waals surface area contributed by atoms with Crippen molar-refractivity contribution in [3.05, 3.63) is 0 Å². The molecule has 34 valence electrons. The second kappa shape index (κ2) is 4.23. The van der Waals surface area contributed by atoms with E-state index >= 15 is 0 Å². The van der Waals surface area contributed by atoms with Gasteiger partial charge in [-0.3, -0.25) is 4.79 Å². The van der Waals surface area contributed by atoms with E-state index in [4.69, 9.17) is 14.7 Å². The molecule has 0 aromatic carbocycles. The first kappa shape index (κ1) is 10.1. The van der Waals surface area contributed by atoms with Crippen molar-refractivity contribution in [1.29, 1.82) is 0 Å². The maximum absolute atomic E-state index is 10.5. The number of carboxylic acid groups (broad SMARTS) is 1. The van der Waals surface area contributed by atoms with E-state index in [0.29, 0.717) is 0 Å². The van der Waals surface area contributed by atoms with E-state index in [2.05, 4.69) is 0 Å². The van der Waals surface area contributed by atoms with E-state index in [1.54, 1.807) is 0 Å². The molecule has 3 nitrogen and oxygen atoms in total. The molecule has 0 atom stereocenters. The molecule has 0 saturated carbocycles. The summed E-state index contributed by atoms with van der Waals surface area (Å²) >= 11 is 0. The van der Waals surface area contributed by atoms with E-state index in [1.165, 1.54) is 0 Å². The van der Waals surface area contributed by atoms with Gasteiger partial charge in [0.05, 0.1) is 0 Å². The van der Waals surface area contributed by atoms with Crippen molar-refractivity contribution in [3.8, 4) is 0 Å². The molecule has 0 aliphatic rings. The van der Waals surface area contributed by atoms with Gasteiger partial charge in [-0.1, -0.05) is 0 Å². The van der Waals surface area contributed by atoms with Gasteiger partial charge in [-0.15, -0.1) is 0 Å². The largest absolute Gasteiger partial charge is 1.00 e. The van der Waals surface area contributed by atoms with Crippen molar-refractivity contribution < 1.29 is 48.6 Å². The smallest absolute Gasteiger partial charge is 0.540 e. The van der Waals surface area contributed by atoms with Crippen molar-refractivity contribution >= 4 is 12.0 Å². The second-order valence-electron chi connectivity index (χ2n) is 0.561. The minimum atomic E-state index is -2.44. The summed E-state index contributed by atoms with van der Waals surface area (Å²) in [6.45, 7) is 0. The first-order valence-corrected chi connectivity index (χ1v) is 1.05. The average molecular weight is 114 g/mol. The number of hydrogen-bond donors (Lipinski definition) is 0. The van der Waals surface area contributed by atoms with Gasteiger partial charge in [0.2, 0.25) is 0 Å². The van der Waals surface area contributed by atoms with Crippen molar-refractivity contribution in [2.45, 2.75) is 0 Å². The molecule has 0 rings (SSSR count). The van der Waals surface area contributed by atoms with Crippen LogP contribution in [0, 0.1) is 0 Å². The van der Waals surface area contributed by atoms with Gasteiger partial charge in [0.1, 0.15) is 5.97 Å². The second-order valence-corrected chi connectivity index (χ2v) is 0.561. The number of carbonyl (C=O) groups excluding carboxylic acids is 2. The molecule has 0 aliphatic heterocycles. The van der Waals surface area contributed by atoms with Crippen molar-refractivity contribution in [2.24, 2.45) is 0 Å². The number of rotatable bonds is 1. The average Bonchev–Trinajstić information content (AvgIpc) is 1.36. The van der Waals surface area contributed by atoms with Crippen LogP contribution in [-0.4, -0.2) is 12.0 Å². The van der Waals surface area contributed by atoms with E-state index in [1.807, 2.05) is 0 Å². The Morgan fingerprint density at radius 2 is 1.57 bits per heavy atom. The zero-order chi connectivity index (χ0) is 5.15. The summed E-state index contributed by atoms with van der Waals surface area (Å²) in [5.41, 5.74) is 0. The standard InChI is InChI=1S/C2HFO3.Na/c3-1(4)2(5)6;/h(H,5,6);/q;+1/p-1. The Labute approximate surface area is 60.8 Å². The van der Waals surface area contributed by atoms with Crippen LogP contribution in [0.3, 0.4) is 0 Å². The van der Waals surface area contributed by atoms with Gasteiger partial charge in [-0.05, 0) is 0 Å². The summed E-state index contributed by atoms with van der Waals surface area (Å²) in [6.07, 6.45) is 0. The molecule has 0 unspecified atom stereocenters. The fourth-order valence-corrected chi connectivity index (χ4v) is 0. The Bertz CT molecular complexity index is 78.9. The first-order valence-electron chi connectivity index (χ1n) is 1.05. The third-order valence-electron chi connectivity index (χ3n) is 0.160. The van der Waals surface area contributed by atoms with Crippen LogP contribution in [-0.2, 0) is 9.59 Å². The Kier molecular flexibility index (Phi) is 6.13. The molecule has 0 aliphatic carbocycles. The van der Waals surface area contributed by atoms with Crippen LogP contribution < -0.4 is 34.7 Å². The molecular weight excluding hydrogens is 114 g/mol. The van der Waals surface area contributed by atoms with Gasteiger partial charge in [-0.2, -0.15) is 4.39 Å². The topological polar surface area (TPSA) is 57.2 Å². The van der Waals surface area contributed by atoms with Gasteiger partial charge in [0.25, 0.3) is 0 Å². The van der Waals surface area contributed by atoms with Crippen LogP contribution in [0.15, 0.2) is 0 Å². The maximum Gasteiger partial charge on any atom is 1.00 e. The van der Waals surface area contributed by atoms with Crippen molar-refractivity contribution in [2.75, 3.05) is 0 Å². The van der Waals surface area contributed by atoms with E-state index in [0.717, 1.165) is 0 Å². The number of hydrogen-bond acceptors (Lipinski definition) is 3. The molecule has 5 heteroatoms. The fourth-order valence-electron chi connectivity index (χ4n) is 0. The monoisotopic (exact) mass is 114 g/mol. The fraction of sp³-hybridized carbons (Fsp3) is 0. The molecule has 0 N–H and O–H groups in total. The molecule has 0 spiro atoms. The number of carboxylic acids is 1. The molecule has 7 heavy (non-hydrogen) atoms. The third kappa shape index (κ3) is 6.07. The predicted molar refractivity (Wildman–Crippen MR) is 11.1 cm³/mol. The summed E-state index contributed by atoms with van der Waals surface area (Å²) in [4.78, 5) is 17.7. The molecule has 0 radical (unpaired) electrons. The van der Waals surface area contributed by atoms with Gasteiger partial charge in [0.15, 0.2) is 0 Å². The molecule has 0 amide bonds. The third-order valence-corrected chi connectivity index (χ3v) is 0.160. The maximum atomic E-state index is 10.5. The number of aliphatic carboxylic acids is 1. The Balaban J connectivity index is 0. The summed E-state index contributed by atoms with van der Waals surface area (Å²) in [6, 6.07) is -2.44. The SMILES string of the molecule is O=C([O-])C(=O)F.[Na+]. The molecular formula is C2FNaO3. The summed E-state index contributed by atoms with van der Waals surface area (Å²) in [7, 11) is 0. The number of halogens is 1. The van der Waals surface area contributed by atoms with Crippen LogP contribution in [0.4, 0.5) is 4.39 Å². The zero-order valence-electron chi connectivity index (χ0n) is 3.60. The van der Waals surface area contributed by atoms with Crippen LogP contribution >= 0.6 is 0 Å². The normalized spacial score (nSPS) is 6.43. The molecule has 0 fully saturated rings. The first-order chi connectivity index (χ1) is 2.64. The molecule has 0 bridgehead atoms. The molecule has 0 aromatic heterocycles. The number of carbonyl (C=O) groups is 2. The van der Waals surface area contributed by atoms with E-state index in [9.17, 15) is 4.39 Å². The van der Waals surface area contributed by atoms with Crippen LogP contribution in [0.2, 0.25) is 0 Å². The van der Waals surface area contributed by atoms with Crippen molar-refractivity contribution in [1.82, 2.24) is 0 Å². The molecule has 0 heterocycles. The molecule has 0 saturated heterocycles. The minimum absolute atomic E-state index is 0. The van der Waals surface area contributed by atoms with E-state index < -0.39 is 12.0 Å². The van der Waals surface area contributed by atoms with E-state index in [-0.39, 0.29) is 29.6 Å². The zero-order valence-corrected chi connectivity index (χ0v) is 5.60. The van der Waals surface area contributed by atoms with Crippen LogP contribution in [0.25, 0.3) is 0 Å². The minimum Gasteiger partial charge on any atom is -0.540 e. The summed E-state index contributed by atoms with van der Waals surface area (Å²) < 4.78 is 10.5. The predicted octanol–water partition coefficient (Wildman–Crippen LogP) is -4.76. The Morgan fingerprint density at radius 3 is 1.57 bits per heavy atom. The summed E-state index contributed by atoms with van der Waals surface area (Å²) in [5, 5.41) is 8.86. The van der Waals surface area contributed by atoms with Crippen LogP contribution in [0.5, 0.6) is 0 Å². The van der Waals surface area contributed by atoms with Gasteiger partial charge >= 0.3 is 35.6 Å². The van der Waals surface area contributed by atoms with Gasteiger partial charge in [-0.25, -0.2) is 0 Å². The quantitative estimate of drug-likeness (QED) is 0.195. The van der Waals surface area contributed by atoms with Crippen LogP contribution in [0.1, 0.15) is 0 Å².